The molecule has 0 aromatic carbocycles. The first kappa shape index (κ1) is 12.0. The normalized spacial score (nSPS) is 20.8. The minimum absolute atomic E-state index is 0.187. The molecule has 0 radical (unpaired) electrons. The second-order valence-corrected chi connectivity index (χ2v) is 4.79. The number of esters is 1. The molecule has 84 valence electrons. The zero-order valence-corrected chi connectivity index (χ0v) is 10.1. The zero-order valence-electron chi connectivity index (χ0n) is 10.1. The van der Waals surface area contributed by atoms with Crippen LogP contribution in [0.1, 0.15) is 40.0 Å². The van der Waals surface area contributed by atoms with E-state index in [-0.39, 0.29) is 11.4 Å². The number of rotatable bonds is 2. The monoisotopic (exact) mass is 208 g/mol. The van der Waals surface area contributed by atoms with Crippen LogP contribution in [0.3, 0.4) is 0 Å². The summed E-state index contributed by atoms with van der Waals surface area (Å²) in [6.07, 6.45) is 7.01. The van der Waals surface area contributed by atoms with Crippen LogP contribution in [-0.2, 0) is 9.53 Å². The first-order valence-corrected chi connectivity index (χ1v) is 5.43. The number of carbonyl (C=O) groups is 1. The summed E-state index contributed by atoms with van der Waals surface area (Å²) in [5, 5.41) is 0. The molecule has 0 amide bonds. The number of methoxy groups -OCH3 is 1. The fourth-order valence-corrected chi connectivity index (χ4v) is 2.23. The highest BCUT2D eigenvalue weighted by molar-refractivity contribution is 5.82. The minimum Gasteiger partial charge on any atom is -0.466 e. The Balaban J connectivity index is 2.90. The van der Waals surface area contributed by atoms with E-state index in [1.165, 1.54) is 37.2 Å². The van der Waals surface area contributed by atoms with Gasteiger partial charge in [-0.2, -0.15) is 0 Å². The predicted octanol–water partition coefficient (Wildman–Crippen LogP) is 3.24. The van der Waals surface area contributed by atoms with E-state index in [2.05, 4.69) is 25.5 Å². The quantitative estimate of drug-likeness (QED) is 0.514. The van der Waals surface area contributed by atoms with Gasteiger partial charge < -0.3 is 4.74 Å². The Hall–Kier alpha value is -1.05. The Morgan fingerprint density at radius 1 is 1.47 bits per heavy atom. The first-order chi connectivity index (χ1) is 6.97. The maximum atomic E-state index is 11.0. The second-order valence-electron chi connectivity index (χ2n) is 4.79. The molecule has 0 aromatic rings. The van der Waals surface area contributed by atoms with Crippen molar-refractivity contribution < 1.29 is 9.53 Å². The third-order valence-electron chi connectivity index (χ3n) is 3.13. The van der Waals surface area contributed by atoms with Crippen molar-refractivity contribution >= 4 is 5.97 Å². The number of hydrogen-bond donors (Lipinski definition) is 0. The van der Waals surface area contributed by atoms with Crippen molar-refractivity contribution in [3.05, 3.63) is 23.3 Å². The molecular weight excluding hydrogens is 188 g/mol. The lowest BCUT2D eigenvalue weighted by atomic mass is 9.73. The molecule has 0 saturated heterocycles. The number of hydrogen-bond acceptors (Lipinski definition) is 2. The molecular formula is C13H20O2. The maximum Gasteiger partial charge on any atom is 0.330 e. The van der Waals surface area contributed by atoms with E-state index >= 15 is 0 Å². The summed E-state index contributed by atoms with van der Waals surface area (Å²) in [6, 6.07) is 0. The van der Waals surface area contributed by atoms with Gasteiger partial charge in [0.15, 0.2) is 0 Å². The summed E-state index contributed by atoms with van der Waals surface area (Å²) >= 11 is 0. The fraction of sp³-hybridized carbons (Fsp3) is 0.615. The van der Waals surface area contributed by atoms with Gasteiger partial charge in [0, 0.05) is 6.08 Å². The standard InChI is InChI=1S/C13H20O2/c1-10-6-5-9-13(2,3)11(10)7-8-12(14)15-4/h7-8H,5-6,9H2,1-4H3/b8-7+. The van der Waals surface area contributed by atoms with Gasteiger partial charge in [0.2, 0.25) is 0 Å². The van der Waals surface area contributed by atoms with Gasteiger partial charge in [0.25, 0.3) is 0 Å². The summed E-state index contributed by atoms with van der Waals surface area (Å²) in [7, 11) is 1.40. The van der Waals surface area contributed by atoms with Crippen molar-refractivity contribution in [2.45, 2.75) is 40.0 Å². The molecule has 1 rings (SSSR count). The Kier molecular flexibility index (Phi) is 3.72. The van der Waals surface area contributed by atoms with Crippen molar-refractivity contribution in [3.63, 3.8) is 0 Å². The summed E-state index contributed by atoms with van der Waals surface area (Å²) in [5.74, 6) is -0.281. The Bertz CT molecular complexity index is 308. The van der Waals surface area contributed by atoms with Crippen LogP contribution < -0.4 is 0 Å². The van der Waals surface area contributed by atoms with E-state index in [1.54, 1.807) is 0 Å². The third kappa shape index (κ3) is 2.95. The largest absolute Gasteiger partial charge is 0.466 e. The molecule has 0 spiro atoms. The topological polar surface area (TPSA) is 26.3 Å². The van der Waals surface area contributed by atoms with E-state index in [0.717, 1.165) is 6.42 Å². The summed E-state index contributed by atoms with van der Waals surface area (Å²) in [4.78, 5) is 11.0. The average molecular weight is 208 g/mol. The molecule has 0 bridgehead atoms. The predicted molar refractivity (Wildman–Crippen MR) is 61.5 cm³/mol. The number of allylic oxidation sites excluding steroid dienone is 3. The van der Waals surface area contributed by atoms with Gasteiger partial charge in [0.05, 0.1) is 7.11 Å². The summed E-state index contributed by atoms with van der Waals surface area (Å²) in [6.45, 7) is 6.61. The number of ether oxygens (including phenoxy) is 1. The van der Waals surface area contributed by atoms with Gasteiger partial charge in [-0.25, -0.2) is 4.79 Å². The third-order valence-corrected chi connectivity index (χ3v) is 3.13. The van der Waals surface area contributed by atoms with Crippen molar-refractivity contribution in [1.29, 1.82) is 0 Å². The molecule has 0 aliphatic heterocycles. The molecule has 0 saturated carbocycles. The van der Waals surface area contributed by atoms with E-state index < -0.39 is 0 Å². The van der Waals surface area contributed by atoms with E-state index in [4.69, 9.17) is 0 Å². The van der Waals surface area contributed by atoms with Gasteiger partial charge in [-0.1, -0.05) is 25.5 Å². The zero-order chi connectivity index (χ0) is 11.5. The molecule has 0 fully saturated rings. The second kappa shape index (κ2) is 4.65. The summed E-state index contributed by atoms with van der Waals surface area (Å²) in [5.41, 5.74) is 2.87. The SMILES string of the molecule is COC(=O)/C=C/C1=C(C)CCCC1(C)C. The van der Waals surface area contributed by atoms with Crippen LogP contribution in [0.2, 0.25) is 0 Å². The Morgan fingerprint density at radius 3 is 2.67 bits per heavy atom. The highest BCUT2D eigenvalue weighted by Gasteiger charge is 2.26. The van der Waals surface area contributed by atoms with Crippen LogP contribution in [0.5, 0.6) is 0 Å². The Morgan fingerprint density at radius 2 is 2.13 bits per heavy atom. The highest BCUT2D eigenvalue weighted by atomic mass is 16.5. The smallest absolute Gasteiger partial charge is 0.330 e. The van der Waals surface area contributed by atoms with Gasteiger partial charge in [-0.05, 0) is 37.2 Å². The van der Waals surface area contributed by atoms with Crippen LogP contribution in [-0.4, -0.2) is 13.1 Å². The molecule has 15 heavy (non-hydrogen) atoms. The van der Waals surface area contributed by atoms with Gasteiger partial charge >= 0.3 is 5.97 Å². The van der Waals surface area contributed by atoms with Crippen LogP contribution in [0, 0.1) is 5.41 Å². The lowest BCUT2D eigenvalue weighted by molar-refractivity contribution is -0.134. The Labute approximate surface area is 92.0 Å². The van der Waals surface area contributed by atoms with Gasteiger partial charge in [-0.3, -0.25) is 0 Å². The molecule has 0 N–H and O–H groups in total. The maximum absolute atomic E-state index is 11.0. The lowest BCUT2D eigenvalue weighted by Gasteiger charge is -2.32. The molecule has 0 aromatic heterocycles. The van der Waals surface area contributed by atoms with Crippen LogP contribution in [0.25, 0.3) is 0 Å². The van der Waals surface area contributed by atoms with Gasteiger partial charge in [0.1, 0.15) is 0 Å². The van der Waals surface area contributed by atoms with Crippen LogP contribution >= 0.6 is 0 Å². The van der Waals surface area contributed by atoms with Crippen molar-refractivity contribution in [2.75, 3.05) is 7.11 Å². The van der Waals surface area contributed by atoms with Crippen molar-refractivity contribution in [1.82, 2.24) is 0 Å². The molecule has 2 heteroatoms. The molecule has 2 nitrogen and oxygen atoms in total. The van der Waals surface area contributed by atoms with Gasteiger partial charge in [-0.15, -0.1) is 0 Å². The summed E-state index contributed by atoms with van der Waals surface area (Å²) < 4.78 is 4.60. The molecule has 0 heterocycles. The van der Waals surface area contributed by atoms with Crippen LogP contribution in [0.15, 0.2) is 23.3 Å². The lowest BCUT2D eigenvalue weighted by Crippen LogP contribution is -2.19. The van der Waals surface area contributed by atoms with Crippen molar-refractivity contribution in [2.24, 2.45) is 5.41 Å². The fourth-order valence-electron chi connectivity index (χ4n) is 2.23. The van der Waals surface area contributed by atoms with Crippen LogP contribution in [0.4, 0.5) is 0 Å². The number of carbonyl (C=O) groups excluding carboxylic acids is 1. The molecule has 1 aliphatic carbocycles. The highest BCUT2D eigenvalue weighted by Crippen LogP contribution is 2.40. The molecule has 1 aliphatic rings. The van der Waals surface area contributed by atoms with E-state index in [1.807, 2.05) is 6.08 Å². The van der Waals surface area contributed by atoms with Crippen molar-refractivity contribution in [3.8, 4) is 0 Å². The molecule has 0 atom stereocenters. The molecule has 0 unspecified atom stereocenters. The van der Waals surface area contributed by atoms with E-state index in [0.29, 0.717) is 0 Å². The average Bonchev–Trinajstić information content (AvgIpc) is 2.15. The van der Waals surface area contributed by atoms with E-state index in [9.17, 15) is 4.79 Å². The minimum atomic E-state index is -0.281. The first-order valence-electron chi connectivity index (χ1n) is 5.43.